The molecular weight excluding hydrogens is 450 g/mol. The average Bonchev–Trinajstić information content (AvgIpc) is 2.80. The van der Waals surface area contributed by atoms with Gasteiger partial charge in [-0.25, -0.2) is 8.42 Å². The summed E-state index contributed by atoms with van der Waals surface area (Å²) in [7, 11) is -1.84. The lowest BCUT2D eigenvalue weighted by atomic mass is 10.1. The molecule has 8 heteroatoms. The van der Waals surface area contributed by atoms with Crippen LogP contribution in [0.4, 0.5) is 5.69 Å². The number of nitrogens with zero attached hydrogens (tertiary/aromatic N) is 2. The number of rotatable bonds is 8. The van der Waals surface area contributed by atoms with Crippen LogP contribution >= 0.6 is 0 Å². The molecule has 1 fully saturated rings. The van der Waals surface area contributed by atoms with Crippen LogP contribution in [0.5, 0.6) is 0 Å². The molecule has 0 aliphatic carbocycles. The molecule has 2 aromatic carbocycles. The summed E-state index contributed by atoms with van der Waals surface area (Å²) in [6.45, 7) is 7.03. The smallest absolute Gasteiger partial charge is 0.243 e. The van der Waals surface area contributed by atoms with Crippen molar-refractivity contribution in [3.8, 4) is 0 Å². The van der Waals surface area contributed by atoms with E-state index in [2.05, 4.69) is 5.32 Å². The highest BCUT2D eigenvalue weighted by Crippen LogP contribution is 2.23. The number of amides is 2. The van der Waals surface area contributed by atoms with Crippen molar-refractivity contribution >= 4 is 27.5 Å². The Hall–Kier alpha value is -2.71. The van der Waals surface area contributed by atoms with Gasteiger partial charge in [0.15, 0.2) is 0 Å². The van der Waals surface area contributed by atoms with Gasteiger partial charge < -0.3 is 10.2 Å². The third-order valence-electron chi connectivity index (χ3n) is 6.25. The number of hydrogen-bond acceptors (Lipinski definition) is 4. The first-order valence-electron chi connectivity index (χ1n) is 11.8. The Labute approximate surface area is 203 Å². The van der Waals surface area contributed by atoms with Crippen LogP contribution in [-0.2, 0) is 26.0 Å². The lowest BCUT2D eigenvalue weighted by Gasteiger charge is -2.25. The van der Waals surface area contributed by atoms with E-state index < -0.39 is 10.0 Å². The maximum absolute atomic E-state index is 12.8. The number of nitrogens with one attached hydrogen (secondary N) is 1. The van der Waals surface area contributed by atoms with Crippen LogP contribution in [0.3, 0.4) is 0 Å². The van der Waals surface area contributed by atoms with Crippen molar-refractivity contribution in [1.29, 1.82) is 0 Å². The Morgan fingerprint density at radius 1 is 0.971 bits per heavy atom. The molecule has 7 nitrogen and oxygen atoms in total. The molecule has 1 N–H and O–H groups in total. The molecule has 0 saturated carbocycles. The predicted molar refractivity (Wildman–Crippen MR) is 134 cm³/mol. The number of sulfonamides is 1. The number of likely N-dealkylation sites (N-methyl/N-ethyl adjacent to an activating group) is 1. The minimum atomic E-state index is -3.46. The fourth-order valence-electron chi connectivity index (χ4n) is 4.38. The highest BCUT2D eigenvalue weighted by atomic mass is 32.2. The maximum Gasteiger partial charge on any atom is 0.243 e. The Kier molecular flexibility index (Phi) is 8.49. The van der Waals surface area contributed by atoms with Gasteiger partial charge in [-0.05, 0) is 68.9 Å². The van der Waals surface area contributed by atoms with Crippen LogP contribution in [0.1, 0.15) is 47.9 Å². The van der Waals surface area contributed by atoms with E-state index in [0.29, 0.717) is 24.4 Å². The van der Waals surface area contributed by atoms with E-state index in [0.717, 1.165) is 47.2 Å². The summed E-state index contributed by atoms with van der Waals surface area (Å²) in [6.07, 6.45) is 3.58. The van der Waals surface area contributed by atoms with Gasteiger partial charge in [0.2, 0.25) is 21.8 Å². The van der Waals surface area contributed by atoms with Gasteiger partial charge >= 0.3 is 0 Å². The molecule has 1 saturated heterocycles. The molecule has 0 aromatic heterocycles. The Morgan fingerprint density at radius 3 is 2.15 bits per heavy atom. The minimum absolute atomic E-state index is 0.0292. The van der Waals surface area contributed by atoms with Crippen molar-refractivity contribution in [2.24, 2.45) is 0 Å². The fraction of sp³-hybridized carbons (Fsp3) is 0.462. The highest BCUT2D eigenvalue weighted by Gasteiger charge is 2.25. The number of benzene rings is 2. The summed E-state index contributed by atoms with van der Waals surface area (Å²) in [5.41, 5.74) is 4.79. The van der Waals surface area contributed by atoms with E-state index in [1.165, 1.54) is 4.90 Å². The zero-order chi connectivity index (χ0) is 24.9. The molecule has 3 rings (SSSR count). The summed E-state index contributed by atoms with van der Waals surface area (Å²) in [5, 5.41) is 2.92. The summed E-state index contributed by atoms with van der Waals surface area (Å²) < 4.78 is 27.1. The number of aryl methyl sites for hydroxylation is 4. The minimum Gasteiger partial charge on any atom is -0.336 e. The lowest BCUT2D eigenvalue weighted by molar-refractivity contribution is -0.133. The number of hydrogen-bond donors (Lipinski definition) is 1. The van der Waals surface area contributed by atoms with Crippen LogP contribution in [0.25, 0.3) is 0 Å². The van der Waals surface area contributed by atoms with Gasteiger partial charge in [0.05, 0.1) is 11.4 Å². The molecule has 1 aliphatic heterocycles. The van der Waals surface area contributed by atoms with Gasteiger partial charge in [-0.3, -0.25) is 9.59 Å². The summed E-state index contributed by atoms with van der Waals surface area (Å²) in [6, 6.07) is 10.8. The van der Waals surface area contributed by atoms with E-state index in [1.54, 1.807) is 35.6 Å². The van der Waals surface area contributed by atoms with Crippen LogP contribution in [0, 0.1) is 20.8 Å². The fourth-order valence-corrected chi connectivity index (χ4v) is 5.90. The zero-order valence-electron chi connectivity index (χ0n) is 20.6. The SMILES string of the molecule is Cc1cc(C)c(NC(=O)CN(C)C(=O)CCc2ccc(S(=O)(=O)N3CCCCC3)cc2)c(C)c1. The van der Waals surface area contributed by atoms with Gasteiger partial charge in [-0.1, -0.05) is 36.2 Å². The maximum atomic E-state index is 12.8. The molecule has 2 aromatic rings. The van der Waals surface area contributed by atoms with Gasteiger partial charge in [0.1, 0.15) is 0 Å². The molecule has 2 amide bonds. The summed E-state index contributed by atoms with van der Waals surface area (Å²) in [4.78, 5) is 26.8. The van der Waals surface area contributed by atoms with Crippen molar-refractivity contribution in [2.75, 3.05) is 32.0 Å². The largest absolute Gasteiger partial charge is 0.336 e. The second kappa shape index (κ2) is 11.1. The second-order valence-corrected chi connectivity index (χ2v) is 11.1. The first kappa shape index (κ1) is 25.9. The van der Waals surface area contributed by atoms with Crippen molar-refractivity contribution in [1.82, 2.24) is 9.21 Å². The monoisotopic (exact) mass is 485 g/mol. The first-order valence-corrected chi connectivity index (χ1v) is 13.2. The molecule has 0 atom stereocenters. The van der Waals surface area contributed by atoms with Crippen molar-refractivity contribution in [2.45, 2.75) is 57.8 Å². The third-order valence-corrected chi connectivity index (χ3v) is 8.16. The van der Waals surface area contributed by atoms with Crippen molar-refractivity contribution < 1.29 is 18.0 Å². The standard InChI is InChI=1S/C26H35N3O4S/c1-19-16-20(2)26(21(3)17-19)27-24(30)18-28(4)25(31)13-10-22-8-11-23(12-9-22)34(32,33)29-14-6-5-7-15-29/h8-9,11-12,16-17H,5-7,10,13-15,18H2,1-4H3,(H,27,30). The van der Waals surface area contributed by atoms with E-state index in [9.17, 15) is 18.0 Å². The normalized spacial score (nSPS) is 14.6. The summed E-state index contributed by atoms with van der Waals surface area (Å²) in [5.74, 6) is -0.379. The van der Waals surface area contributed by atoms with E-state index in [1.807, 2.05) is 32.9 Å². The van der Waals surface area contributed by atoms with E-state index >= 15 is 0 Å². The quantitative estimate of drug-likeness (QED) is 0.616. The van der Waals surface area contributed by atoms with E-state index in [-0.39, 0.29) is 24.8 Å². The molecular formula is C26H35N3O4S. The zero-order valence-corrected chi connectivity index (χ0v) is 21.4. The van der Waals surface area contributed by atoms with Crippen molar-refractivity contribution in [3.63, 3.8) is 0 Å². The Balaban J connectivity index is 1.51. The number of carbonyl (C=O) groups is 2. The number of piperidine rings is 1. The molecule has 184 valence electrons. The summed E-state index contributed by atoms with van der Waals surface area (Å²) >= 11 is 0. The highest BCUT2D eigenvalue weighted by molar-refractivity contribution is 7.89. The van der Waals surface area contributed by atoms with Crippen LogP contribution in [-0.4, -0.2) is 56.1 Å². The second-order valence-electron chi connectivity index (χ2n) is 9.18. The Bertz CT molecular complexity index is 1110. The molecule has 34 heavy (non-hydrogen) atoms. The third kappa shape index (κ3) is 6.45. The number of anilines is 1. The van der Waals surface area contributed by atoms with Crippen LogP contribution in [0.2, 0.25) is 0 Å². The molecule has 1 heterocycles. The van der Waals surface area contributed by atoms with Crippen molar-refractivity contribution in [3.05, 3.63) is 58.7 Å². The first-order chi connectivity index (χ1) is 16.1. The van der Waals surface area contributed by atoms with Crippen LogP contribution in [0.15, 0.2) is 41.3 Å². The van der Waals surface area contributed by atoms with Gasteiger partial charge in [0.25, 0.3) is 0 Å². The molecule has 0 unspecified atom stereocenters. The molecule has 0 spiro atoms. The topological polar surface area (TPSA) is 86.8 Å². The van der Waals surface area contributed by atoms with Gasteiger partial charge in [0, 0.05) is 32.2 Å². The molecule has 0 radical (unpaired) electrons. The van der Waals surface area contributed by atoms with Gasteiger partial charge in [-0.15, -0.1) is 0 Å². The van der Waals surface area contributed by atoms with Crippen LogP contribution < -0.4 is 5.32 Å². The molecule has 1 aliphatic rings. The average molecular weight is 486 g/mol. The molecule has 0 bridgehead atoms. The number of carbonyl (C=O) groups excluding carboxylic acids is 2. The van der Waals surface area contributed by atoms with Gasteiger partial charge in [-0.2, -0.15) is 4.31 Å². The Morgan fingerprint density at radius 2 is 1.56 bits per heavy atom. The van der Waals surface area contributed by atoms with E-state index in [4.69, 9.17) is 0 Å². The lowest BCUT2D eigenvalue weighted by Crippen LogP contribution is -2.35. The predicted octanol–water partition coefficient (Wildman–Crippen LogP) is 3.82.